The third kappa shape index (κ3) is 11.9. The highest BCUT2D eigenvalue weighted by Crippen LogP contribution is 2.17. The Balaban J connectivity index is 0. The smallest absolute Gasteiger partial charge is 0.220 e. The van der Waals surface area contributed by atoms with Crippen molar-refractivity contribution in [3.63, 3.8) is 0 Å². The van der Waals surface area contributed by atoms with Gasteiger partial charge in [0.05, 0.1) is 0 Å². The van der Waals surface area contributed by atoms with Crippen molar-refractivity contribution in [1.29, 1.82) is 0 Å². The van der Waals surface area contributed by atoms with Crippen LogP contribution in [-0.4, -0.2) is 25.7 Å². The monoisotopic (exact) mass is 259 g/mol. The zero-order valence-electron chi connectivity index (χ0n) is 13.1. The van der Waals surface area contributed by atoms with Gasteiger partial charge in [-0.3, -0.25) is 4.79 Å². The predicted molar refractivity (Wildman–Crippen MR) is 78.8 cm³/mol. The lowest BCUT2D eigenvalue weighted by atomic mass is 9.95. The van der Waals surface area contributed by atoms with E-state index in [1.54, 1.807) is 7.11 Å². The Labute approximate surface area is 114 Å². The van der Waals surface area contributed by atoms with Gasteiger partial charge in [-0.1, -0.05) is 47.0 Å². The van der Waals surface area contributed by atoms with Crippen molar-refractivity contribution < 1.29 is 9.53 Å². The van der Waals surface area contributed by atoms with Crippen molar-refractivity contribution in [2.24, 2.45) is 0 Å². The lowest BCUT2D eigenvalue weighted by Gasteiger charge is -2.22. The summed E-state index contributed by atoms with van der Waals surface area (Å²) in [4.78, 5) is 11.4. The van der Waals surface area contributed by atoms with E-state index in [4.69, 9.17) is 4.74 Å². The van der Waals surface area contributed by atoms with Gasteiger partial charge in [0.25, 0.3) is 0 Å². The molecule has 18 heavy (non-hydrogen) atoms. The summed E-state index contributed by atoms with van der Waals surface area (Å²) in [5.41, 5.74) is 0. The summed E-state index contributed by atoms with van der Waals surface area (Å²) in [6, 6.07) is 0.443. The minimum atomic E-state index is 0.189. The van der Waals surface area contributed by atoms with Crippen molar-refractivity contribution >= 4 is 5.91 Å². The zero-order valence-corrected chi connectivity index (χ0v) is 13.1. The van der Waals surface area contributed by atoms with Gasteiger partial charge < -0.3 is 10.1 Å². The Bertz CT molecular complexity index is 166. The zero-order chi connectivity index (χ0) is 14.2. The minimum absolute atomic E-state index is 0.189. The first-order valence-corrected chi connectivity index (χ1v) is 7.61. The van der Waals surface area contributed by atoms with Crippen molar-refractivity contribution in [3.8, 4) is 0 Å². The molecule has 0 aromatic rings. The first kappa shape index (κ1) is 19.8. The van der Waals surface area contributed by atoms with Gasteiger partial charge in [0.1, 0.15) is 0 Å². The number of rotatable bonds is 5. The number of hydrogen-bond donors (Lipinski definition) is 1. The maximum Gasteiger partial charge on any atom is 0.220 e. The third-order valence-corrected chi connectivity index (χ3v) is 2.72. The molecule has 1 amide bonds. The molecule has 1 N–H and O–H groups in total. The molecule has 3 heteroatoms. The van der Waals surface area contributed by atoms with Crippen LogP contribution in [0.3, 0.4) is 0 Å². The van der Waals surface area contributed by atoms with Crippen LogP contribution in [0.25, 0.3) is 0 Å². The molecule has 1 fully saturated rings. The van der Waals surface area contributed by atoms with Crippen LogP contribution in [0.5, 0.6) is 0 Å². The van der Waals surface area contributed by atoms with Gasteiger partial charge in [0, 0.05) is 26.2 Å². The van der Waals surface area contributed by atoms with Crippen molar-refractivity contribution in [2.45, 2.75) is 78.7 Å². The van der Waals surface area contributed by atoms with E-state index >= 15 is 0 Å². The number of hydrogen-bond acceptors (Lipinski definition) is 2. The number of methoxy groups -OCH3 is 1. The number of carbonyl (C=O) groups excluding carboxylic acids is 1. The highest BCUT2D eigenvalue weighted by molar-refractivity contribution is 5.76. The fourth-order valence-electron chi connectivity index (χ4n) is 1.92. The van der Waals surface area contributed by atoms with Crippen LogP contribution in [0, 0.1) is 0 Å². The molecule has 1 aliphatic rings. The predicted octanol–water partition coefficient (Wildman–Crippen LogP) is 3.91. The number of nitrogens with one attached hydrogen (secondary N) is 1. The van der Waals surface area contributed by atoms with Gasteiger partial charge in [-0.05, 0) is 19.3 Å². The van der Waals surface area contributed by atoms with E-state index in [2.05, 4.69) is 5.32 Å². The molecule has 0 aromatic heterocycles. The molecule has 0 aromatic carbocycles. The highest BCUT2D eigenvalue weighted by atomic mass is 16.5. The molecule has 0 unspecified atom stereocenters. The molecule has 0 atom stereocenters. The van der Waals surface area contributed by atoms with Crippen LogP contribution in [-0.2, 0) is 9.53 Å². The molecule has 1 aliphatic carbocycles. The van der Waals surface area contributed by atoms with Gasteiger partial charge in [0.15, 0.2) is 0 Å². The van der Waals surface area contributed by atoms with E-state index in [1.165, 1.54) is 19.3 Å². The number of ether oxygens (including phenoxy) is 1. The van der Waals surface area contributed by atoms with Crippen LogP contribution >= 0.6 is 0 Å². The quantitative estimate of drug-likeness (QED) is 0.760. The van der Waals surface area contributed by atoms with Gasteiger partial charge in [-0.15, -0.1) is 0 Å². The Morgan fingerprint density at radius 3 is 2.17 bits per heavy atom. The molecule has 0 heterocycles. The molecule has 0 bridgehead atoms. The van der Waals surface area contributed by atoms with E-state index in [0.717, 1.165) is 19.3 Å². The van der Waals surface area contributed by atoms with Gasteiger partial charge in [0.2, 0.25) is 5.91 Å². The van der Waals surface area contributed by atoms with Crippen LogP contribution in [0.2, 0.25) is 0 Å². The van der Waals surface area contributed by atoms with Crippen LogP contribution in [0.1, 0.15) is 72.6 Å². The standard InChI is InChI=1S/C11H21NO2.2C2H6/c1-14-9-5-8-11(13)12-10-6-3-2-4-7-10;2*1-2/h10H,2-9H2,1H3,(H,12,13);2*1-2H3. The second kappa shape index (κ2) is 16.4. The van der Waals surface area contributed by atoms with E-state index in [-0.39, 0.29) is 5.91 Å². The van der Waals surface area contributed by atoms with Crippen molar-refractivity contribution in [1.82, 2.24) is 5.32 Å². The summed E-state index contributed by atoms with van der Waals surface area (Å²) < 4.78 is 4.90. The molecule has 110 valence electrons. The molecule has 3 nitrogen and oxygen atoms in total. The Hall–Kier alpha value is -0.570. The summed E-state index contributed by atoms with van der Waals surface area (Å²) in [6.07, 6.45) is 7.62. The van der Waals surface area contributed by atoms with Crippen LogP contribution in [0.15, 0.2) is 0 Å². The maximum absolute atomic E-state index is 11.4. The molecule has 1 rings (SSSR count). The average molecular weight is 259 g/mol. The second-order valence-electron chi connectivity index (χ2n) is 4.00. The Morgan fingerprint density at radius 1 is 1.11 bits per heavy atom. The summed E-state index contributed by atoms with van der Waals surface area (Å²) >= 11 is 0. The molecule has 0 spiro atoms. The molecule has 1 saturated carbocycles. The molecule has 0 radical (unpaired) electrons. The fraction of sp³-hybridized carbons (Fsp3) is 0.933. The number of carbonyl (C=O) groups is 1. The lowest BCUT2D eigenvalue weighted by molar-refractivity contribution is -0.122. The van der Waals surface area contributed by atoms with E-state index in [1.807, 2.05) is 27.7 Å². The van der Waals surface area contributed by atoms with Gasteiger partial charge >= 0.3 is 0 Å². The van der Waals surface area contributed by atoms with Gasteiger partial charge in [-0.25, -0.2) is 0 Å². The van der Waals surface area contributed by atoms with E-state index in [9.17, 15) is 4.79 Å². The third-order valence-electron chi connectivity index (χ3n) is 2.72. The highest BCUT2D eigenvalue weighted by Gasteiger charge is 2.14. The van der Waals surface area contributed by atoms with Crippen LogP contribution in [0.4, 0.5) is 0 Å². The van der Waals surface area contributed by atoms with Crippen LogP contribution < -0.4 is 5.32 Å². The summed E-state index contributed by atoms with van der Waals surface area (Å²) in [5.74, 6) is 0.189. The molecule has 0 saturated heterocycles. The largest absolute Gasteiger partial charge is 0.385 e. The summed E-state index contributed by atoms with van der Waals surface area (Å²) in [5, 5.41) is 3.08. The van der Waals surface area contributed by atoms with Gasteiger partial charge in [-0.2, -0.15) is 0 Å². The maximum atomic E-state index is 11.4. The van der Waals surface area contributed by atoms with E-state index < -0.39 is 0 Å². The minimum Gasteiger partial charge on any atom is -0.385 e. The first-order chi connectivity index (χ1) is 8.83. The lowest BCUT2D eigenvalue weighted by Crippen LogP contribution is -2.36. The van der Waals surface area contributed by atoms with Crippen molar-refractivity contribution in [3.05, 3.63) is 0 Å². The Kier molecular flexibility index (Phi) is 18.0. The normalized spacial score (nSPS) is 14.7. The average Bonchev–Trinajstić information content (AvgIpc) is 2.45. The molecule has 0 aliphatic heterocycles. The second-order valence-corrected chi connectivity index (χ2v) is 4.00. The Morgan fingerprint density at radius 2 is 1.67 bits per heavy atom. The molecular weight excluding hydrogens is 226 g/mol. The topological polar surface area (TPSA) is 38.3 Å². The first-order valence-electron chi connectivity index (χ1n) is 7.61. The summed E-state index contributed by atoms with van der Waals surface area (Å²) in [7, 11) is 1.67. The fourth-order valence-corrected chi connectivity index (χ4v) is 1.92. The van der Waals surface area contributed by atoms with Crippen molar-refractivity contribution in [2.75, 3.05) is 13.7 Å². The van der Waals surface area contributed by atoms with E-state index in [0.29, 0.717) is 19.1 Å². The number of amides is 1. The SMILES string of the molecule is CC.CC.COCCCC(=O)NC1CCCCC1. The summed E-state index contributed by atoms with van der Waals surface area (Å²) in [6.45, 7) is 8.68. The molecular formula is C15H33NO2.